The average molecular weight is 239 g/mol. The quantitative estimate of drug-likeness (QED) is 0.770. The Labute approximate surface area is 104 Å². The van der Waals surface area contributed by atoms with Gasteiger partial charge < -0.3 is 10.2 Å². The third-order valence-electron chi connectivity index (χ3n) is 3.92. The first-order valence-corrected chi connectivity index (χ1v) is 6.97. The van der Waals surface area contributed by atoms with E-state index < -0.39 is 0 Å². The molecule has 0 saturated carbocycles. The highest BCUT2D eigenvalue weighted by molar-refractivity contribution is 5.73. The molecule has 2 aliphatic heterocycles. The zero-order valence-corrected chi connectivity index (χ0v) is 11.0. The van der Waals surface area contributed by atoms with Crippen LogP contribution in [-0.4, -0.2) is 61.0 Å². The highest BCUT2D eigenvalue weighted by Gasteiger charge is 2.20. The summed E-state index contributed by atoms with van der Waals surface area (Å²) in [6, 6.07) is 0.674. The number of piperidine rings is 1. The van der Waals surface area contributed by atoms with E-state index in [0.29, 0.717) is 6.04 Å². The van der Waals surface area contributed by atoms with E-state index in [4.69, 9.17) is 0 Å². The third-order valence-corrected chi connectivity index (χ3v) is 3.92. The Morgan fingerprint density at radius 1 is 1.18 bits per heavy atom. The Morgan fingerprint density at radius 2 is 2.06 bits per heavy atom. The number of rotatable bonds is 2. The van der Waals surface area contributed by atoms with Crippen molar-refractivity contribution >= 4 is 5.91 Å². The number of hydrogen-bond acceptors (Lipinski definition) is 3. The number of carbonyl (C=O) groups excluding carboxylic acids is 1. The van der Waals surface area contributed by atoms with Gasteiger partial charge in [-0.2, -0.15) is 0 Å². The number of nitrogens with zero attached hydrogens (tertiary/aromatic N) is 2. The van der Waals surface area contributed by atoms with E-state index in [0.717, 1.165) is 39.1 Å². The Hall–Kier alpha value is -0.610. The van der Waals surface area contributed by atoms with Crippen LogP contribution in [0.25, 0.3) is 0 Å². The molecular formula is C13H25N3O. The van der Waals surface area contributed by atoms with Gasteiger partial charge in [-0.1, -0.05) is 6.42 Å². The molecule has 0 aliphatic carbocycles. The first-order valence-electron chi connectivity index (χ1n) is 6.97. The smallest absolute Gasteiger partial charge is 0.219 e. The Kier molecular flexibility index (Phi) is 4.80. The lowest BCUT2D eigenvalue weighted by atomic mass is 10.0. The molecule has 2 rings (SSSR count). The zero-order chi connectivity index (χ0) is 12.1. The molecule has 0 bridgehead atoms. The maximum atomic E-state index is 11.3. The molecule has 0 spiro atoms. The first kappa shape index (κ1) is 12.8. The van der Waals surface area contributed by atoms with E-state index in [1.54, 1.807) is 6.92 Å². The van der Waals surface area contributed by atoms with Crippen molar-refractivity contribution < 1.29 is 4.79 Å². The topological polar surface area (TPSA) is 35.6 Å². The maximum Gasteiger partial charge on any atom is 0.219 e. The highest BCUT2D eigenvalue weighted by atomic mass is 16.2. The van der Waals surface area contributed by atoms with Crippen LogP contribution in [-0.2, 0) is 4.79 Å². The van der Waals surface area contributed by atoms with Gasteiger partial charge in [0.2, 0.25) is 5.91 Å². The standard InChI is InChI=1S/C13H25N3O/c1-12(17)16-8-4-7-15(9-10-16)11-13-5-2-3-6-14-13/h13-14H,2-11H2,1H3. The van der Waals surface area contributed by atoms with Crippen molar-refractivity contribution in [2.75, 3.05) is 39.3 Å². The Morgan fingerprint density at radius 3 is 2.76 bits per heavy atom. The minimum Gasteiger partial charge on any atom is -0.342 e. The van der Waals surface area contributed by atoms with Crippen LogP contribution < -0.4 is 5.32 Å². The van der Waals surface area contributed by atoms with Crippen LogP contribution in [0, 0.1) is 0 Å². The van der Waals surface area contributed by atoms with Gasteiger partial charge in [0.25, 0.3) is 0 Å². The van der Waals surface area contributed by atoms with Gasteiger partial charge in [0.1, 0.15) is 0 Å². The molecule has 2 saturated heterocycles. The largest absolute Gasteiger partial charge is 0.342 e. The van der Waals surface area contributed by atoms with Crippen molar-refractivity contribution in [3.05, 3.63) is 0 Å². The van der Waals surface area contributed by atoms with E-state index in [1.807, 2.05) is 4.90 Å². The van der Waals surface area contributed by atoms with Gasteiger partial charge in [0.15, 0.2) is 0 Å². The second-order valence-electron chi connectivity index (χ2n) is 5.31. The van der Waals surface area contributed by atoms with Crippen molar-refractivity contribution in [3.8, 4) is 0 Å². The number of carbonyl (C=O) groups is 1. The summed E-state index contributed by atoms with van der Waals surface area (Å²) < 4.78 is 0. The summed E-state index contributed by atoms with van der Waals surface area (Å²) in [6.07, 6.45) is 5.12. The molecule has 0 aromatic heterocycles. The van der Waals surface area contributed by atoms with Gasteiger partial charge in [-0.15, -0.1) is 0 Å². The molecule has 17 heavy (non-hydrogen) atoms. The minimum atomic E-state index is 0.225. The van der Waals surface area contributed by atoms with Crippen LogP contribution in [0.1, 0.15) is 32.6 Å². The second-order valence-corrected chi connectivity index (χ2v) is 5.31. The summed E-state index contributed by atoms with van der Waals surface area (Å²) in [6.45, 7) is 8.04. The lowest BCUT2D eigenvalue weighted by molar-refractivity contribution is -0.128. The van der Waals surface area contributed by atoms with E-state index in [2.05, 4.69) is 10.2 Å². The summed E-state index contributed by atoms with van der Waals surface area (Å²) in [4.78, 5) is 15.8. The molecular weight excluding hydrogens is 214 g/mol. The van der Waals surface area contributed by atoms with Crippen LogP contribution in [0.15, 0.2) is 0 Å². The van der Waals surface area contributed by atoms with Crippen LogP contribution in [0.3, 0.4) is 0 Å². The zero-order valence-electron chi connectivity index (χ0n) is 11.0. The fourth-order valence-electron chi connectivity index (χ4n) is 2.86. The van der Waals surface area contributed by atoms with E-state index in [9.17, 15) is 4.79 Å². The molecule has 1 atom stereocenters. The molecule has 98 valence electrons. The molecule has 2 aliphatic rings. The SMILES string of the molecule is CC(=O)N1CCCN(CC2CCCCN2)CC1. The lowest BCUT2D eigenvalue weighted by Crippen LogP contribution is -2.44. The molecule has 2 heterocycles. The molecule has 2 fully saturated rings. The fraction of sp³-hybridized carbons (Fsp3) is 0.923. The van der Waals surface area contributed by atoms with E-state index in [-0.39, 0.29) is 5.91 Å². The van der Waals surface area contributed by atoms with Crippen LogP contribution in [0.4, 0.5) is 0 Å². The van der Waals surface area contributed by atoms with E-state index >= 15 is 0 Å². The van der Waals surface area contributed by atoms with Crippen molar-refractivity contribution in [2.45, 2.75) is 38.6 Å². The van der Waals surface area contributed by atoms with Gasteiger partial charge in [-0.25, -0.2) is 0 Å². The molecule has 0 aromatic carbocycles. The third kappa shape index (κ3) is 3.96. The number of hydrogen-bond donors (Lipinski definition) is 1. The van der Waals surface area contributed by atoms with Crippen molar-refractivity contribution in [1.29, 1.82) is 0 Å². The van der Waals surface area contributed by atoms with Crippen LogP contribution in [0.5, 0.6) is 0 Å². The number of nitrogens with one attached hydrogen (secondary N) is 1. The summed E-state index contributed by atoms with van der Waals surface area (Å²) in [7, 11) is 0. The van der Waals surface area contributed by atoms with Crippen molar-refractivity contribution in [3.63, 3.8) is 0 Å². The fourth-order valence-corrected chi connectivity index (χ4v) is 2.86. The van der Waals surface area contributed by atoms with Gasteiger partial charge >= 0.3 is 0 Å². The minimum absolute atomic E-state index is 0.225. The monoisotopic (exact) mass is 239 g/mol. The van der Waals surface area contributed by atoms with E-state index in [1.165, 1.54) is 25.8 Å². The van der Waals surface area contributed by atoms with Gasteiger partial charge in [-0.05, 0) is 32.4 Å². The van der Waals surface area contributed by atoms with Crippen LogP contribution >= 0.6 is 0 Å². The predicted molar refractivity (Wildman–Crippen MR) is 69.0 cm³/mol. The number of amides is 1. The molecule has 1 amide bonds. The Balaban J connectivity index is 1.76. The van der Waals surface area contributed by atoms with Crippen LogP contribution in [0.2, 0.25) is 0 Å². The normalized spacial score (nSPS) is 27.8. The summed E-state index contributed by atoms with van der Waals surface area (Å²) in [5.41, 5.74) is 0. The average Bonchev–Trinajstić information content (AvgIpc) is 2.56. The maximum absolute atomic E-state index is 11.3. The molecule has 1 unspecified atom stereocenters. The summed E-state index contributed by atoms with van der Waals surface area (Å²) in [5, 5.41) is 3.60. The lowest BCUT2D eigenvalue weighted by Gasteiger charge is -2.29. The second kappa shape index (κ2) is 6.36. The van der Waals surface area contributed by atoms with Gasteiger partial charge in [0.05, 0.1) is 0 Å². The predicted octanol–water partition coefficient (Wildman–Crippen LogP) is 0.683. The summed E-state index contributed by atoms with van der Waals surface area (Å²) >= 11 is 0. The molecule has 4 nitrogen and oxygen atoms in total. The highest BCUT2D eigenvalue weighted by Crippen LogP contribution is 2.10. The van der Waals surface area contributed by atoms with Gasteiger partial charge in [-0.3, -0.25) is 9.69 Å². The molecule has 0 aromatic rings. The molecule has 4 heteroatoms. The molecule has 0 radical (unpaired) electrons. The first-order chi connectivity index (χ1) is 8.25. The van der Waals surface area contributed by atoms with Gasteiger partial charge in [0, 0.05) is 39.1 Å². The van der Waals surface area contributed by atoms with Crippen molar-refractivity contribution in [1.82, 2.24) is 15.1 Å². The Bertz CT molecular complexity index is 251. The van der Waals surface area contributed by atoms with Crippen molar-refractivity contribution in [2.24, 2.45) is 0 Å². The molecule has 1 N–H and O–H groups in total. The summed E-state index contributed by atoms with van der Waals surface area (Å²) in [5.74, 6) is 0.225.